The number of ketones is 1. The molecule has 0 aliphatic heterocycles. The molecule has 1 N–H and O–H groups in total. The molecule has 4 heteroatoms. The highest BCUT2D eigenvalue weighted by Crippen LogP contribution is 2.21. The molecule has 2 aromatic rings. The predicted octanol–water partition coefficient (Wildman–Crippen LogP) is 4.92. The molecule has 0 saturated heterocycles. The molecule has 0 spiro atoms. The fraction of sp³-hybridized carbons (Fsp3) is 0.333. The van der Waals surface area contributed by atoms with Gasteiger partial charge < -0.3 is 10.1 Å². The summed E-state index contributed by atoms with van der Waals surface area (Å²) in [5, 5.41) is 2.88. The third-order valence-corrected chi connectivity index (χ3v) is 3.65. The molecular formula is C21H25NO3. The van der Waals surface area contributed by atoms with Crippen molar-refractivity contribution in [2.24, 2.45) is 0 Å². The Kier molecular flexibility index (Phi) is 6.34. The lowest BCUT2D eigenvalue weighted by molar-refractivity contribution is 0.0498. The first kappa shape index (κ1) is 18.7. The quantitative estimate of drug-likeness (QED) is 0.760. The lowest BCUT2D eigenvalue weighted by Crippen LogP contribution is -2.35. The largest absolute Gasteiger partial charge is 0.444 e. The van der Waals surface area contributed by atoms with Crippen molar-refractivity contribution in [1.29, 1.82) is 0 Å². The van der Waals surface area contributed by atoms with Gasteiger partial charge in [0.05, 0.1) is 6.04 Å². The van der Waals surface area contributed by atoms with Crippen molar-refractivity contribution in [3.63, 3.8) is 0 Å². The van der Waals surface area contributed by atoms with Crippen LogP contribution in [0.2, 0.25) is 0 Å². The highest BCUT2D eigenvalue weighted by atomic mass is 16.6. The van der Waals surface area contributed by atoms with E-state index in [2.05, 4.69) is 5.32 Å². The van der Waals surface area contributed by atoms with Crippen molar-refractivity contribution < 1.29 is 14.3 Å². The Morgan fingerprint density at radius 1 is 0.960 bits per heavy atom. The zero-order chi connectivity index (χ0) is 18.3. The molecule has 25 heavy (non-hydrogen) atoms. The van der Waals surface area contributed by atoms with Crippen LogP contribution in [0.25, 0.3) is 0 Å². The van der Waals surface area contributed by atoms with Gasteiger partial charge in [0.1, 0.15) is 5.60 Å². The van der Waals surface area contributed by atoms with Crippen LogP contribution >= 0.6 is 0 Å². The number of ether oxygens (including phenoxy) is 1. The molecular weight excluding hydrogens is 314 g/mol. The van der Waals surface area contributed by atoms with Crippen LogP contribution in [0.1, 0.15) is 55.6 Å². The number of carbonyl (C=O) groups excluding carboxylic acids is 2. The maximum atomic E-state index is 12.4. The summed E-state index contributed by atoms with van der Waals surface area (Å²) in [6.07, 6.45) is 0.379. The Labute approximate surface area is 149 Å². The van der Waals surface area contributed by atoms with Crippen molar-refractivity contribution in [2.75, 3.05) is 0 Å². The van der Waals surface area contributed by atoms with E-state index in [0.29, 0.717) is 18.4 Å². The molecule has 0 aliphatic carbocycles. The third-order valence-electron chi connectivity index (χ3n) is 3.65. The molecule has 4 nitrogen and oxygen atoms in total. The fourth-order valence-corrected chi connectivity index (χ4v) is 2.50. The Morgan fingerprint density at radius 2 is 1.52 bits per heavy atom. The molecule has 0 aliphatic rings. The maximum Gasteiger partial charge on any atom is 0.408 e. The van der Waals surface area contributed by atoms with E-state index in [-0.39, 0.29) is 11.8 Å². The molecule has 132 valence electrons. The molecule has 0 saturated carbocycles. The lowest BCUT2D eigenvalue weighted by atomic mass is 9.98. The van der Waals surface area contributed by atoms with Gasteiger partial charge in [0.25, 0.3) is 0 Å². The van der Waals surface area contributed by atoms with E-state index in [4.69, 9.17) is 4.74 Å². The first-order valence-corrected chi connectivity index (χ1v) is 8.48. The normalized spacial score (nSPS) is 12.3. The lowest BCUT2D eigenvalue weighted by Gasteiger charge is -2.24. The molecule has 1 unspecified atom stereocenters. The van der Waals surface area contributed by atoms with Gasteiger partial charge in [0.15, 0.2) is 5.78 Å². The van der Waals surface area contributed by atoms with E-state index in [1.165, 1.54) is 0 Å². The molecule has 1 atom stereocenters. The minimum absolute atomic E-state index is 0.0625. The molecule has 0 fully saturated rings. The summed E-state index contributed by atoms with van der Waals surface area (Å²) in [7, 11) is 0. The average Bonchev–Trinajstić information content (AvgIpc) is 2.58. The Morgan fingerprint density at radius 3 is 2.08 bits per heavy atom. The van der Waals surface area contributed by atoms with Crippen molar-refractivity contribution in [2.45, 2.75) is 45.3 Å². The molecule has 0 heterocycles. The summed E-state index contributed by atoms with van der Waals surface area (Å²) < 4.78 is 5.35. The number of carbonyl (C=O) groups is 2. The fourth-order valence-electron chi connectivity index (χ4n) is 2.50. The smallest absolute Gasteiger partial charge is 0.408 e. The van der Waals surface area contributed by atoms with Gasteiger partial charge in [-0.3, -0.25) is 4.79 Å². The average molecular weight is 339 g/mol. The van der Waals surface area contributed by atoms with Gasteiger partial charge in [-0.15, -0.1) is 0 Å². The second kappa shape index (κ2) is 8.47. The summed E-state index contributed by atoms with van der Waals surface area (Å²) >= 11 is 0. The van der Waals surface area contributed by atoms with Crippen molar-refractivity contribution >= 4 is 11.9 Å². The van der Waals surface area contributed by atoms with Crippen LogP contribution in [0.4, 0.5) is 4.79 Å². The van der Waals surface area contributed by atoms with E-state index in [9.17, 15) is 9.59 Å². The highest BCUT2D eigenvalue weighted by molar-refractivity contribution is 5.96. The van der Waals surface area contributed by atoms with Gasteiger partial charge >= 0.3 is 6.09 Å². The first-order chi connectivity index (χ1) is 11.8. The third kappa shape index (κ3) is 6.42. The van der Waals surface area contributed by atoms with Crippen LogP contribution in [-0.4, -0.2) is 17.5 Å². The van der Waals surface area contributed by atoms with E-state index >= 15 is 0 Å². The van der Waals surface area contributed by atoms with Crippen molar-refractivity contribution in [3.8, 4) is 0 Å². The summed E-state index contributed by atoms with van der Waals surface area (Å²) in [5.74, 6) is 0.0625. The Balaban J connectivity index is 2.05. The van der Waals surface area contributed by atoms with E-state index in [1.54, 1.807) is 12.1 Å². The van der Waals surface area contributed by atoms with Gasteiger partial charge in [0.2, 0.25) is 0 Å². The topological polar surface area (TPSA) is 55.4 Å². The van der Waals surface area contributed by atoms with Gasteiger partial charge in [0, 0.05) is 12.0 Å². The number of rotatable bonds is 6. The Hall–Kier alpha value is -2.62. The van der Waals surface area contributed by atoms with Crippen molar-refractivity contribution in [1.82, 2.24) is 5.32 Å². The van der Waals surface area contributed by atoms with E-state index in [0.717, 1.165) is 5.56 Å². The van der Waals surface area contributed by atoms with Crippen LogP contribution in [0, 0.1) is 0 Å². The molecule has 2 aromatic carbocycles. The van der Waals surface area contributed by atoms with Crippen LogP contribution < -0.4 is 5.32 Å². The standard InChI is InChI=1S/C21H25NO3/c1-21(2,3)25-20(24)22-18(16-10-6-4-7-11-16)14-15-19(23)17-12-8-5-9-13-17/h4-13,18H,14-15H2,1-3H3,(H,22,24). The monoisotopic (exact) mass is 339 g/mol. The second-order valence-electron chi connectivity index (χ2n) is 6.94. The number of alkyl carbamates (subject to hydrolysis) is 1. The Bertz CT molecular complexity index is 690. The molecule has 1 amide bonds. The molecule has 2 rings (SSSR count). The van der Waals surface area contributed by atoms with E-state index < -0.39 is 11.7 Å². The number of hydrogen-bond acceptors (Lipinski definition) is 3. The molecule has 0 radical (unpaired) electrons. The number of amides is 1. The van der Waals surface area contributed by atoms with Gasteiger partial charge in [-0.25, -0.2) is 4.79 Å². The summed E-state index contributed by atoms with van der Waals surface area (Å²) in [6.45, 7) is 5.47. The summed E-state index contributed by atoms with van der Waals surface area (Å²) in [6, 6.07) is 18.5. The second-order valence-corrected chi connectivity index (χ2v) is 6.94. The number of hydrogen-bond donors (Lipinski definition) is 1. The maximum absolute atomic E-state index is 12.4. The van der Waals surface area contributed by atoms with Crippen LogP contribution in [0.3, 0.4) is 0 Å². The van der Waals surface area contributed by atoms with Crippen LogP contribution in [0.5, 0.6) is 0 Å². The SMILES string of the molecule is CC(C)(C)OC(=O)NC(CCC(=O)c1ccccc1)c1ccccc1. The predicted molar refractivity (Wildman–Crippen MR) is 98.6 cm³/mol. The summed E-state index contributed by atoms with van der Waals surface area (Å²) in [5.41, 5.74) is 1.08. The van der Waals surface area contributed by atoms with E-state index in [1.807, 2.05) is 69.3 Å². The molecule has 0 bridgehead atoms. The zero-order valence-corrected chi connectivity index (χ0v) is 15.0. The number of Topliss-reactive ketones (excluding diaryl/α,β-unsaturated/α-hetero) is 1. The highest BCUT2D eigenvalue weighted by Gasteiger charge is 2.21. The minimum Gasteiger partial charge on any atom is -0.444 e. The van der Waals surface area contributed by atoms with Crippen molar-refractivity contribution in [3.05, 3.63) is 71.8 Å². The number of nitrogens with one attached hydrogen (secondary N) is 1. The van der Waals surface area contributed by atoms with Crippen LogP contribution in [-0.2, 0) is 4.74 Å². The number of benzene rings is 2. The van der Waals surface area contributed by atoms with Gasteiger partial charge in [-0.2, -0.15) is 0 Å². The van der Waals surface area contributed by atoms with Crippen LogP contribution in [0.15, 0.2) is 60.7 Å². The van der Waals surface area contributed by atoms with Gasteiger partial charge in [-0.1, -0.05) is 60.7 Å². The summed E-state index contributed by atoms with van der Waals surface area (Å²) in [4.78, 5) is 24.5. The minimum atomic E-state index is -0.564. The van der Waals surface area contributed by atoms with Gasteiger partial charge in [-0.05, 0) is 32.8 Å². The zero-order valence-electron chi connectivity index (χ0n) is 15.0. The molecule has 0 aromatic heterocycles. The first-order valence-electron chi connectivity index (χ1n) is 8.48.